The number of ether oxygens (including phenoxy) is 1. The van der Waals surface area contributed by atoms with E-state index in [9.17, 15) is 4.79 Å². The molecule has 1 aliphatic heterocycles. The van der Waals surface area contributed by atoms with Crippen molar-refractivity contribution in [3.8, 4) is 0 Å². The summed E-state index contributed by atoms with van der Waals surface area (Å²) < 4.78 is 5.24. The van der Waals surface area contributed by atoms with Gasteiger partial charge in [-0.15, -0.1) is 0 Å². The van der Waals surface area contributed by atoms with Crippen LogP contribution < -0.4 is 11.1 Å². The SMILES string of the molecule is C[C@H](NC(=O)C1(N)CCOCC1)c1cccc(Cl)c1. The van der Waals surface area contributed by atoms with E-state index in [1.807, 2.05) is 31.2 Å². The first-order chi connectivity index (χ1) is 9.01. The first-order valence-electron chi connectivity index (χ1n) is 6.44. The third kappa shape index (κ3) is 3.47. The molecule has 1 amide bonds. The lowest BCUT2D eigenvalue weighted by Crippen LogP contribution is -2.57. The lowest BCUT2D eigenvalue weighted by atomic mass is 9.90. The second kappa shape index (κ2) is 5.90. The molecule has 3 N–H and O–H groups in total. The summed E-state index contributed by atoms with van der Waals surface area (Å²) in [5.74, 6) is -0.122. The minimum atomic E-state index is -0.814. The zero-order valence-electron chi connectivity index (χ0n) is 11.0. The predicted molar refractivity (Wildman–Crippen MR) is 75.0 cm³/mol. The summed E-state index contributed by atoms with van der Waals surface area (Å²) in [4.78, 5) is 12.3. The van der Waals surface area contributed by atoms with Crippen molar-refractivity contribution in [2.45, 2.75) is 31.3 Å². The van der Waals surface area contributed by atoms with Crippen molar-refractivity contribution in [2.75, 3.05) is 13.2 Å². The second-order valence-corrected chi connectivity index (χ2v) is 5.46. The molecule has 1 aromatic rings. The lowest BCUT2D eigenvalue weighted by Gasteiger charge is -2.33. The number of nitrogens with one attached hydrogen (secondary N) is 1. The van der Waals surface area contributed by atoms with E-state index in [0.29, 0.717) is 31.1 Å². The zero-order chi connectivity index (χ0) is 13.9. The van der Waals surface area contributed by atoms with Crippen LogP contribution in [0.3, 0.4) is 0 Å². The van der Waals surface area contributed by atoms with Gasteiger partial charge in [-0.1, -0.05) is 23.7 Å². The average molecular weight is 283 g/mol. The number of benzene rings is 1. The minimum Gasteiger partial charge on any atom is -0.381 e. The molecule has 104 valence electrons. The number of nitrogens with two attached hydrogens (primary N) is 1. The van der Waals surface area contributed by atoms with Crippen LogP contribution in [0.25, 0.3) is 0 Å². The van der Waals surface area contributed by atoms with Gasteiger partial charge in [0.2, 0.25) is 5.91 Å². The van der Waals surface area contributed by atoms with Crippen molar-refractivity contribution in [3.63, 3.8) is 0 Å². The Morgan fingerprint density at radius 1 is 1.47 bits per heavy atom. The third-order valence-corrected chi connectivity index (χ3v) is 3.77. The number of hydrogen-bond donors (Lipinski definition) is 2. The smallest absolute Gasteiger partial charge is 0.240 e. The quantitative estimate of drug-likeness (QED) is 0.891. The van der Waals surface area contributed by atoms with Gasteiger partial charge < -0.3 is 15.8 Å². The first-order valence-corrected chi connectivity index (χ1v) is 6.82. The fourth-order valence-corrected chi connectivity index (χ4v) is 2.36. The summed E-state index contributed by atoms with van der Waals surface area (Å²) in [5.41, 5.74) is 6.30. The summed E-state index contributed by atoms with van der Waals surface area (Å²) in [7, 11) is 0. The highest BCUT2D eigenvalue weighted by Gasteiger charge is 2.36. The summed E-state index contributed by atoms with van der Waals surface area (Å²) in [6, 6.07) is 7.34. The van der Waals surface area contributed by atoms with E-state index in [4.69, 9.17) is 22.1 Å². The van der Waals surface area contributed by atoms with E-state index in [2.05, 4.69) is 5.32 Å². The molecule has 0 bridgehead atoms. The summed E-state index contributed by atoms with van der Waals surface area (Å²) >= 11 is 5.95. The van der Waals surface area contributed by atoms with Crippen molar-refractivity contribution in [3.05, 3.63) is 34.9 Å². The van der Waals surface area contributed by atoms with Gasteiger partial charge in [-0.05, 0) is 37.5 Å². The van der Waals surface area contributed by atoms with Crippen LogP contribution in [0.4, 0.5) is 0 Å². The first kappa shape index (κ1) is 14.3. The maximum absolute atomic E-state index is 12.3. The van der Waals surface area contributed by atoms with Gasteiger partial charge in [0.15, 0.2) is 0 Å². The molecule has 1 fully saturated rings. The Labute approximate surface area is 118 Å². The number of halogens is 1. The van der Waals surface area contributed by atoms with Crippen LogP contribution in [0.2, 0.25) is 5.02 Å². The Morgan fingerprint density at radius 2 is 2.16 bits per heavy atom. The molecule has 1 aromatic carbocycles. The Kier molecular flexibility index (Phi) is 4.45. The van der Waals surface area contributed by atoms with Gasteiger partial charge >= 0.3 is 0 Å². The Balaban J connectivity index is 2.02. The third-order valence-electron chi connectivity index (χ3n) is 3.53. The highest BCUT2D eigenvalue weighted by atomic mass is 35.5. The van der Waals surface area contributed by atoms with Crippen LogP contribution in [-0.4, -0.2) is 24.7 Å². The van der Waals surface area contributed by atoms with Crippen molar-refractivity contribution < 1.29 is 9.53 Å². The lowest BCUT2D eigenvalue weighted by molar-refractivity contribution is -0.130. The number of hydrogen-bond acceptors (Lipinski definition) is 3. The largest absolute Gasteiger partial charge is 0.381 e. The molecule has 1 atom stereocenters. The van der Waals surface area contributed by atoms with Crippen LogP contribution in [0.1, 0.15) is 31.4 Å². The topological polar surface area (TPSA) is 64.4 Å². The second-order valence-electron chi connectivity index (χ2n) is 5.02. The highest BCUT2D eigenvalue weighted by Crippen LogP contribution is 2.21. The van der Waals surface area contributed by atoms with Gasteiger partial charge in [0, 0.05) is 18.2 Å². The van der Waals surface area contributed by atoms with E-state index in [-0.39, 0.29) is 11.9 Å². The predicted octanol–water partition coefficient (Wildman–Crippen LogP) is 2.03. The maximum Gasteiger partial charge on any atom is 0.240 e. The van der Waals surface area contributed by atoms with Crippen molar-refractivity contribution in [1.29, 1.82) is 0 Å². The average Bonchev–Trinajstić information content (AvgIpc) is 2.39. The molecular formula is C14H19ClN2O2. The van der Waals surface area contributed by atoms with Crippen LogP contribution in [0.5, 0.6) is 0 Å². The van der Waals surface area contributed by atoms with Crippen molar-refractivity contribution >= 4 is 17.5 Å². The van der Waals surface area contributed by atoms with Gasteiger partial charge in [-0.25, -0.2) is 0 Å². The molecule has 1 saturated heterocycles. The molecule has 19 heavy (non-hydrogen) atoms. The van der Waals surface area contributed by atoms with E-state index in [1.165, 1.54) is 0 Å². The van der Waals surface area contributed by atoms with Gasteiger partial charge in [0.25, 0.3) is 0 Å². The summed E-state index contributed by atoms with van der Waals surface area (Å²) in [5, 5.41) is 3.61. The molecule has 0 radical (unpaired) electrons. The molecule has 0 aliphatic carbocycles. The molecule has 0 unspecified atom stereocenters. The summed E-state index contributed by atoms with van der Waals surface area (Å²) in [6.07, 6.45) is 1.11. The van der Waals surface area contributed by atoms with Gasteiger partial charge in [0.1, 0.15) is 0 Å². The Hall–Kier alpha value is -1.10. The van der Waals surface area contributed by atoms with E-state index < -0.39 is 5.54 Å². The number of carbonyl (C=O) groups is 1. The van der Waals surface area contributed by atoms with Crippen LogP contribution in [0, 0.1) is 0 Å². The molecule has 1 aliphatic rings. The van der Waals surface area contributed by atoms with Crippen LogP contribution >= 0.6 is 11.6 Å². The van der Waals surface area contributed by atoms with E-state index in [0.717, 1.165) is 5.56 Å². The number of carbonyl (C=O) groups excluding carboxylic acids is 1. The van der Waals surface area contributed by atoms with Crippen LogP contribution in [0.15, 0.2) is 24.3 Å². The zero-order valence-corrected chi connectivity index (χ0v) is 11.7. The molecule has 0 aromatic heterocycles. The number of amides is 1. The van der Waals surface area contributed by atoms with E-state index in [1.54, 1.807) is 0 Å². The minimum absolute atomic E-state index is 0.116. The van der Waals surface area contributed by atoms with Crippen LogP contribution in [-0.2, 0) is 9.53 Å². The van der Waals surface area contributed by atoms with Crippen molar-refractivity contribution in [1.82, 2.24) is 5.32 Å². The van der Waals surface area contributed by atoms with Gasteiger partial charge in [-0.2, -0.15) is 0 Å². The normalized spacial score (nSPS) is 19.7. The molecule has 0 saturated carbocycles. The monoisotopic (exact) mass is 282 g/mol. The van der Waals surface area contributed by atoms with Gasteiger partial charge in [0.05, 0.1) is 11.6 Å². The van der Waals surface area contributed by atoms with Crippen molar-refractivity contribution in [2.24, 2.45) is 5.73 Å². The van der Waals surface area contributed by atoms with Gasteiger partial charge in [-0.3, -0.25) is 4.79 Å². The molecular weight excluding hydrogens is 264 g/mol. The molecule has 0 spiro atoms. The Morgan fingerprint density at radius 3 is 2.79 bits per heavy atom. The number of rotatable bonds is 3. The Bertz CT molecular complexity index is 459. The molecule has 2 rings (SSSR count). The highest BCUT2D eigenvalue weighted by molar-refractivity contribution is 6.30. The fraction of sp³-hybridized carbons (Fsp3) is 0.500. The summed E-state index contributed by atoms with van der Waals surface area (Å²) in [6.45, 7) is 3.00. The molecule has 1 heterocycles. The van der Waals surface area contributed by atoms with E-state index >= 15 is 0 Å². The fourth-order valence-electron chi connectivity index (χ4n) is 2.16. The maximum atomic E-state index is 12.3. The molecule has 4 nitrogen and oxygen atoms in total. The standard InChI is InChI=1S/C14H19ClN2O2/c1-10(11-3-2-4-12(15)9-11)17-13(18)14(16)5-7-19-8-6-14/h2-4,9-10H,5-8,16H2,1H3,(H,17,18)/t10-/m0/s1. The molecule has 5 heteroatoms.